The number of carbonyl (C=O) groups is 1. The van der Waals surface area contributed by atoms with Crippen molar-refractivity contribution in [3.8, 4) is 0 Å². The Hall–Kier alpha value is -2.33. The number of nitrogens with one attached hydrogen (secondary N) is 2. The molecule has 0 aliphatic carbocycles. The summed E-state index contributed by atoms with van der Waals surface area (Å²) in [7, 11) is 0. The summed E-state index contributed by atoms with van der Waals surface area (Å²) in [5.41, 5.74) is 4.90. The number of piperazine rings is 1. The average Bonchev–Trinajstić information content (AvgIpc) is 2.64. The van der Waals surface area contributed by atoms with Crippen LogP contribution in [-0.2, 0) is 4.79 Å². The van der Waals surface area contributed by atoms with Gasteiger partial charge in [0.05, 0.1) is 26.2 Å². The molecule has 4 heteroatoms. The Labute approximate surface area is 150 Å². The van der Waals surface area contributed by atoms with Crippen molar-refractivity contribution in [2.24, 2.45) is 0 Å². The number of para-hydroxylation sites is 1. The highest BCUT2D eigenvalue weighted by atomic mass is 16.2. The van der Waals surface area contributed by atoms with Crippen molar-refractivity contribution in [1.82, 2.24) is 0 Å². The van der Waals surface area contributed by atoms with Gasteiger partial charge in [-0.1, -0.05) is 30.3 Å². The number of hydrogen-bond donors (Lipinski definition) is 2. The van der Waals surface area contributed by atoms with Gasteiger partial charge >= 0.3 is 0 Å². The molecule has 1 aliphatic rings. The van der Waals surface area contributed by atoms with E-state index >= 15 is 0 Å². The highest BCUT2D eigenvalue weighted by Crippen LogP contribution is 2.22. The Morgan fingerprint density at radius 2 is 1.72 bits per heavy atom. The SMILES string of the molecule is Cc1cccc(N2CC[NH+]([C@@H](C)C(=O)Nc3ccccc3)CC2)c1C. The third kappa shape index (κ3) is 4.02. The molecule has 0 saturated carbocycles. The van der Waals surface area contributed by atoms with Crippen molar-refractivity contribution < 1.29 is 9.69 Å². The lowest BCUT2D eigenvalue weighted by atomic mass is 10.1. The predicted octanol–water partition coefficient (Wildman–Crippen LogP) is 2.04. The van der Waals surface area contributed by atoms with Crippen LogP contribution in [0, 0.1) is 13.8 Å². The summed E-state index contributed by atoms with van der Waals surface area (Å²) in [4.78, 5) is 16.3. The lowest BCUT2D eigenvalue weighted by molar-refractivity contribution is -0.914. The molecule has 2 aromatic rings. The van der Waals surface area contributed by atoms with Gasteiger partial charge in [0, 0.05) is 11.4 Å². The first kappa shape index (κ1) is 17.5. The van der Waals surface area contributed by atoms with Crippen LogP contribution in [0.2, 0.25) is 0 Å². The van der Waals surface area contributed by atoms with Crippen molar-refractivity contribution in [2.45, 2.75) is 26.8 Å². The van der Waals surface area contributed by atoms with E-state index in [9.17, 15) is 4.79 Å². The molecule has 132 valence electrons. The van der Waals surface area contributed by atoms with Crippen LogP contribution in [0.25, 0.3) is 0 Å². The highest BCUT2D eigenvalue weighted by molar-refractivity contribution is 5.93. The minimum absolute atomic E-state index is 0.0408. The summed E-state index contributed by atoms with van der Waals surface area (Å²) in [5.74, 6) is 0.0985. The van der Waals surface area contributed by atoms with E-state index in [1.807, 2.05) is 37.3 Å². The molecule has 2 aromatic carbocycles. The fourth-order valence-electron chi connectivity index (χ4n) is 3.50. The van der Waals surface area contributed by atoms with Crippen molar-refractivity contribution in [1.29, 1.82) is 0 Å². The Balaban J connectivity index is 1.58. The van der Waals surface area contributed by atoms with Crippen molar-refractivity contribution in [2.75, 3.05) is 36.4 Å². The van der Waals surface area contributed by atoms with E-state index in [0.717, 1.165) is 31.9 Å². The van der Waals surface area contributed by atoms with Crippen molar-refractivity contribution >= 4 is 17.3 Å². The van der Waals surface area contributed by atoms with Crippen LogP contribution in [0.3, 0.4) is 0 Å². The van der Waals surface area contributed by atoms with E-state index in [1.165, 1.54) is 21.7 Å². The molecule has 1 saturated heterocycles. The third-order valence-corrected chi connectivity index (χ3v) is 5.37. The van der Waals surface area contributed by atoms with Gasteiger partial charge in [0.1, 0.15) is 0 Å². The second kappa shape index (κ2) is 7.70. The van der Waals surface area contributed by atoms with Crippen molar-refractivity contribution in [3.63, 3.8) is 0 Å². The Morgan fingerprint density at radius 3 is 2.40 bits per heavy atom. The van der Waals surface area contributed by atoms with E-state index in [-0.39, 0.29) is 11.9 Å². The van der Waals surface area contributed by atoms with Gasteiger partial charge < -0.3 is 15.1 Å². The quantitative estimate of drug-likeness (QED) is 0.895. The molecule has 1 heterocycles. The van der Waals surface area contributed by atoms with Gasteiger partial charge in [0.2, 0.25) is 0 Å². The fourth-order valence-corrected chi connectivity index (χ4v) is 3.50. The largest absolute Gasteiger partial charge is 0.360 e. The molecule has 0 spiro atoms. The first-order chi connectivity index (χ1) is 12.1. The van der Waals surface area contributed by atoms with Crippen LogP contribution in [0.1, 0.15) is 18.1 Å². The predicted molar refractivity (Wildman–Crippen MR) is 103 cm³/mol. The van der Waals surface area contributed by atoms with Gasteiger partial charge in [-0.05, 0) is 50.1 Å². The molecule has 1 fully saturated rings. The Bertz CT molecular complexity index is 721. The fraction of sp³-hybridized carbons (Fsp3) is 0.381. The number of rotatable bonds is 4. The molecule has 0 radical (unpaired) electrons. The monoisotopic (exact) mass is 338 g/mol. The summed E-state index contributed by atoms with van der Waals surface area (Å²) in [6.07, 6.45) is 0. The molecule has 3 rings (SSSR count). The average molecular weight is 338 g/mol. The highest BCUT2D eigenvalue weighted by Gasteiger charge is 2.29. The summed E-state index contributed by atoms with van der Waals surface area (Å²) in [6, 6.07) is 16.2. The number of benzene rings is 2. The maximum atomic E-state index is 12.5. The van der Waals surface area contributed by atoms with Crippen LogP contribution in [0.5, 0.6) is 0 Å². The maximum Gasteiger partial charge on any atom is 0.282 e. The van der Waals surface area contributed by atoms with Gasteiger partial charge in [0.15, 0.2) is 6.04 Å². The van der Waals surface area contributed by atoms with E-state index < -0.39 is 0 Å². The zero-order chi connectivity index (χ0) is 17.8. The van der Waals surface area contributed by atoms with Gasteiger partial charge in [-0.15, -0.1) is 0 Å². The molecule has 1 aliphatic heterocycles. The van der Waals surface area contributed by atoms with Gasteiger partial charge in [-0.25, -0.2) is 0 Å². The summed E-state index contributed by atoms with van der Waals surface area (Å²) < 4.78 is 0. The summed E-state index contributed by atoms with van der Waals surface area (Å²) in [6.45, 7) is 10.3. The molecular weight excluding hydrogens is 310 g/mol. The first-order valence-corrected chi connectivity index (χ1v) is 9.08. The number of quaternary nitrogens is 1. The Morgan fingerprint density at radius 1 is 1.04 bits per heavy atom. The minimum Gasteiger partial charge on any atom is -0.360 e. The summed E-state index contributed by atoms with van der Waals surface area (Å²) >= 11 is 0. The molecule has 0 unspecified atom stereocenters. The van der Waals surface area contributed by atoms with E-state index in [2.05, 4.69) is 42.3 Å². The van der Waals surface area contributed by atoms with Crippen molar-refractivity contribution in [3.05, 3.63) is 59.7 Å². The van der Waals surface area contributed by atoms with Crippen LogP contribution < -0.4 is 15.1 Å². The smallest absolute Gasteiger partial charge is 0.282 e. The summed E-state index contributed by atoms with van der Waals surface area (Å²) in [5, 5.41) is 3.03. The second-order valence-electron chi connectivity index (χ2n) is 6.94. The number of nitrogens with zero attached hydrogens (tertiary/aromatic N) is 1. The number of carbonyl (C=O) groups excluding carboxylic acids is 1. The molecular formula is C21H28N3O+. The molecule has 1 amide bonds. The second-order valence-corrected chi connectivity index (χ2v) is 6.94. The number of anilines is 2. The third-order valence-electron chi connectivity index (χ3n) is 5.37. The molecule has 4 nitrogen and oxygen atoms in total. The zero-order valence-electron chi connectivity index (χ0n) is 15.4. The normalized spacial score (nSPS) is 16.5. The van der Waals surface area contributed by atoms with E-state index in [1.54, 1.807) is 0 Å². The first-order valence-electron chi connectivity index (χ1n) is 9.08. The lowest BCUT2D eigenvalue weighted by Crippen LogP contribution is -3.19. The zero-order valence-corrected chi connectivity index (χ0v) is 15.4. The maximum absolute atomic E-state index is 12.5. The number of hydrogen-bond acceptors (Lipinski definition) is 2. The van der Waals surface area contributed by atoms with E-state index in [4.69, 9.17) is 0 Å². The molecule has 2 N–H and O–H groups in total. The molecule has 25 heavy (non-hydrogen) atoms. The number of amides is 1. The Kier molecular flexibility index (Phi) is 5.39. The van der Waals surface area contributed by atoms with E-state index in [0.29, 0.717) is 0 Å². The topological polar surface area (TPSA) is 36.8 Å². The standard InChI is InChI=1S/C21H27N3O/c1-16-8-7-11-20(17(16)2)24-14-12-23(13-15-24)18(3)21(25)22-19-9-5-4-6-10-19/h4-11,18H,12-15H2,1-3H3,(H,22,25)/p+1/t18-/m0/s1. The lowest BCUT2D eigenvalue weighted by Gasteiger charge is -2.36. The molecule has 0 aromatic heterocycles. The van der Waals surface area contributed by atoms with Gasteiger partial charge in [0.25, 0.3) is 5.91 Å². The van der Waals surface area contributed by atoms with Crippen LogP contribution in [0.15, 0.2) is 48.5 Å². The van der Waals surface area contributed by atoms with Gasteiger partial charge in [-0.2, -0.15) is 0 Å². The van der Waals surface area contributed by atoms with Crippen LogP contribution in [0.4, 0.5) is 11.4 Å². The minimum atomic E-state index is -0.0408. The molecule has 1 atom stereocenters. The van der Waals surface area contributed by atoms with Gasteiger partial charge in [-0.3, -0.25) is 4.79 Å². The van der Waals surface area contributed by atoms with Crippen LogP contribution in [-0.4, -0.2) is 38.1 Å². The number of aryl methyl sites for hydroxylation is 1. The molecule has 0 bridgehead atoms. The van der Waals surface area contributed by atoms with Crippen LogP contribution >= 0.6 is 0 Å².